The minimum atomic E-state index is -0.339. The van der Waals surface area contributed by atoms with Gasteiger partial charge in [0.1, 0.15) is 16.4 Å². The number of aryl methyl sites for hydroxylation is 2. The smallest absolute Gasteiger partial charge is 0.277 e. The Morgan fingerprint density at radius 3 is 2.69 bits per heavy atom. The summed E-state index contributed by atoms with van der Waals surface area (Å²) >= 11 is 7.53. The molecule has 9 heteroatoms. The number of anilines is 1. The highest BCUT2D eigenvalue weighted by Gasteiger charge is 2.18. The van der Waals surface area contributed by atoms with Crippen LogP contribution in [-0.2, 0) is 13.0 Å². The fourth-order valence-electron chi connectivity index (χ4n) is 3.37. The molecular formula is C23H17ClN6OS. The topological polar surface area (TPSA) is 85.6 Å². The lowest BCUT2D eigenvalue weighted by molar-refractivity contribution is 0.102. The van der Waals surface area contributed by atoms with Crippen LogP contribution in [0.4, 0.5) is 5.95 Å². The van der Waals surface area contributed by atoms with Crippen LogP contribution in [0.5, 0.6) is 0 Å². The van der Waals surface area contributed by atoms with E-state index in [0.717, 1.165) is 16.7 Å². The summed E-state index contributed by atoms with van der Waals surface area (Å²) in [5.74, 6) is 0.131. The van der Waals surface area contributed by atoms with Gasteiger partial charge in [0.2, 0.25) is 5.95 Å². The molecule has 7 nitrogen and oxygen atoms in total. The normalized spacial score (nSPS) is 11.0. The fraction of sp³-hybridized carbons (Fsp3) is 0.0870. The van der Waals surface area contributed by atoms with Gasteiger partial charge in [-0.3, -0.25) is 20.1 Å². The predicted molar refractivity (Wildman–Crippen MR) is 126 cm³/mol. The molecule has 0 saturated carbocycles. The van der Waals surface area contributed by atoms with Gasteiger partial charge in [0.25, 0.3) is 5.91 Å². The molecule has 1 N–H and O–H groups in total. The van der Waals surface area contributed by atoms with Crippen LogP contribution in [0.1, 0.15) is 16.2 Å². The SMILES string of the molecule is O=C(Nc1nc2ccccc2n1CCc1ccccn1)c1csc(-c2ncccc2Cl)n1. The maximum absolute atomic E-state index is 13.0. The van der Waals surface area contributed by atoms with Gasteiger partial charge in [0.15, 0.2) is 0 Å². The minimum Gasteiger partial charge on any atom is -0.310 e. The van der Waals surface area contributed by atoms with Gasteiger partial charge in [-0.05, 0) is 36.4 Å². The van der Waals surface area contributed by atoms with Crippen LogP contribution >= 0.6 is 22.9 Å². The minimum absolute atomic E-state index is 0.287. The van der Waals surface area contributed by atoms with Gasteiger partial charge >= 0.3 is 0 Å². The van der Waals surface area contributed by atoms with E-state index < -0.39 is 0 Å². The first-order valence-corrected chi connectivity index (χ1v) is 11.2. The summed E-state index contributed by atoms with van der Waals surface area (Å²) in [5, 5.41) is 5.68. The lowest BCUT2D eigenvalue weighted by Gasteiger charge is -2.09. The molecule has 158 valence electrons. The van der Waals surface area contributed by atoms with Crippen molar-refractivity contribution in [3.63, 3.8) is 0 Å². The quantitative estimate of drug-likeness (QED) is 0.381. The van der Waals surface area contributed by atoms with Crippen LogP contribution < -0.4 is 5.32 Å². The van der Waals surface area contributed by atoms with Gasteiger partial charge in [-0.2, -0.15) is 0 Å². The number of fused-ring (bicyclic) bond motifs is 1. The number of amides is 1. The molecule has 0 aliphatic heterocycles. The van der Waals surface area contributed by atoms with Gasteiger partial charge in [-0.15, -0.1) is 11.3 Å². The van der Waals surface area contributed by atoms with Crippen LogP contribution in [0.15, 0.2) is 72.4 Å². The fourth-order valence-corrected chi connectivity index (χ4v) is 4.44. The van der Waals surface area contributed by atoms with Crippen LogP contribution in [0, 0.1) is 0 Å². The second-order valence-corrected chi connectivity index (χ2v) is 8.24. The second kappa shape index (κ2) is 8.86. The van der Waals surface area contributed by atoms with E-state index in [1.807, 2.05) is 47.0 Å². The van der Waals surface area contributed by atoms with Crippen molar-refractivity contribution >= 4 is 45.8 Å². The maximum Gasteiger partial charge on any atom is 0.277 e. The van der Waals surface area contributed by atoms with Crippen LogP contribution in [-0.4, -0.2) is 30.4 Å². The van der Waals surface area contributed by atoms with Crippen molar-refractivity contribution in [2.45, 2.75) is 13.0 Å². The van der Waals surface area contributed by atoms with Gasteiger partial charge in [-0.1, -0.05) is 29.8 Å². The number of aromatic nitrogens is 5. The Morgan fingerprint density at radius 2 is 1.84 bits per heavy atom. The number of rotatable bonds is 6. The van der Waals surface area contributed by atoms with Crippen molar-refractivity contribution in [2.24, 2.45) is 0 Å². The van der Waals surface area contributed by atoms with Gasteiger partial charge < -0.3 is 4.57 Å². The van der Waals surface area contributed by atoms with E-state index in [0.29, 0.717) is 34.6 Å². The van der Waals surface area contributed by atoms with Crippen molar-refractivity contribution in [3.05, 3.63) is 88.8 Å². The largest absolute Gasteiger partial charge is 0.310 e. The molecule has 0 saturated heterocycles. The molecule has 5 rings (SSSR count). The summed E-state index contributed by atoms with van der Waals surface area (Å²) in [6, 6.07) is 17.1. The van der Waals surface area contributed by atoms with Crippen molar-refractivity contribution < 1.29 is 4.79 Å². The third kappa shape index (κ3) is 4.10. The summed E-state index contributed by atoms with van der Waals surface area (Å²) in [5.41, 5.74) is 3.57. The van der Waals surface area contributed by atoms with E-state index in [-0.39, 0.29) is 11.6 Å². The molecule has 5 aromatic rings. The Hall–Kier alpha value is -3.62. The molecule has 0 aliphatic rings. The third-order valence-electron chi connectivity index (χ3n) is 4.90. The zero-order valence-corrected chi connectivity index (χ0v) is 18.3. The molecule has 0 radical (unpaired) electrons. The second-order valence-electron chi connectivity index (χ2n) is 6.97. The number of halogens is 1. The van der Waals surface area contributed by atoms with Crippen molar-refractivity contribution in [3.8, 4) is 10.7 Å². The summed E-state index contributed by atoms with van der Waals surface area (Å²) in [4.78, 5) is 30.7. The standard InChI is InChI=1S/C23H17ClN6OS/c24-16-7-5-12-26-20(16)22-27-18(14-32-22)21(31)29-23-28-17-8-1-2-9-19(17)30(23)13-10-15-6-3-4-11-25-15/h1-9,11-12,14H,10,13H2,(H,28,29,31). The number of pyridine rings is 2. The van der Waals surface area contributed by atoms with Crippen LogP contribution in [0.25, 0.3) is 21.7 Å². The first kappa shape index (κ1) is 20.3. The Bertz CT molecular complexity index is 1400. The molecule has 0 spiro atoms. The predicted octanol–water partition coefficient (Wildman–Crippen LogP) is 5.10. The number of para-hydroxylation sites is 2. The molecule has 0 bridgehead atoms. The molecule has 0 fully saturated rings. The first-order valence-electron chi connectivity index (χ1n) is 9.92. The Kier molecular flexibility index (Phi) is 5.62. The molecule has 0 atom stereocenters. The molecule has 4 heterocycles. The summed E-state index contributed by atoms with van der Waals surface area (Å²) in [6.07, 6.45) is 4.13. The van der Waals surface area contributed by atoms with E-state index >= 15 is 0 Å². The summed E-state index contributed by atoms with van der Waals surface area (Å²) in [6.45, 7) is 0.624. The van der Waals surface area contributed by atoms with Crippen LogP contribution in [0.3, 0.4) is 0 Å². The Balaban J connectivity index is 1.41. The lowest BCUT2D eigenvalue weighted by atomic mass is 10.2. The monoisotopic (exact) mass is 460 g/mol. The summed E-state index contributed by atoms with van der Waals surface area (Å²) < 4.78 is 1.99. The average molecular weight is 461 g/mol. The number of hydrogen-bond donors (Lipinski definition) is 1. The number of carbonyl (C=O) groups is 1. The summed E-state index contributed by atoms with van der Waals surface area (Å²) in [7, 11) is 0. The molecular weight excluding hydrogens is 444 g/mol. The highest BCUT2D eigenvalue weighted by atomic mass is 35.5. The van der Waals surface area contributed by atoms with Gasteiger partial charge in [-0.25, -0.2) is 9.97 Å². The van der Waals surface area contributed by atoms with Crippen LogP contribution in [0.2, 0.25) is 5.02 Å². The number of nitrogens with one attached hydrogen (secondary N) is 1. The van der Waals surface area contributed by atoms with E-state index in [9.17, 15) is 4.79 Å². The lowest BCUT2D eigenvalue weighted by Crippen LogP contribution is -2.17. The van der Waals surface area contributed by atoms with E-state index in [1.165, 1.54) is 11.3 Å². The highest BCUT2D eigenvalue weighted by Crippen LogP contribution is 2.28. The number of imidazole rings is 1. The number of hydrogen-bond acceptors (Lipinski definition) is 6. The molecule has 1 aromatic carbocycles. The van der Waals surface area contributed by atoms with E-state index in [4.69, 9.17) is 11.6 Å². The number of thiazole rings is 1. The Labute approximate surface area is 192 Å². The molecule has 32 heavy (non-hydrogen) atoms. The van der Waals surface area contributed by atoms with Gasteiger partial charge in [0, 0.05) is 36.4 Å². The molecule has 1 amide bonds. The molecule has 0 aliphatic carbocycles. The molecule has 0 unspecified atom stereocenters. The van der Waals surface area contributed by atoms with E-state index in [1.54, 1.807) is 29.9 Å². The number of benzene rings is 1. The highest BCUT2D eigenvalue weighted by molar-refractivity contribution is 7.13. The van der Waals surface area contributed by atoms with E-state index in [2.05, 4.69) is 25.3 Å². The van der Waals surface area contributed by atoms with Crippen molar-refractivity contribution in [1.82, 2.24) is 24.5 Å². The average Bonchev–Trinajstić information content (AvgIpc) is 3.44. The number of nitrogens with zero attached hydrogens (tertiary/aromatic N) is 5. The third-order valence-corrected chi connectivity index (χ3v) is 6.05. The Morgan fingerprint density at radius 1 is 1.00 bits per heavy atom. The van der Waals surface area contributed by atoms with Crippen molar-refractivity contribution in [1.29, 1.82) is 0 Å². The molecule has 4 aromatic heterocycles. The van der Waals surface area contributed by atoms with Gasteiger partial charge in [0.05, 0.1) is 16.1 Å². The zero-order valence-electron chi connectivity index (χ0n) is 16.8. The first-order chi connectivity index (χ1) is 15.7. The number of carbonyl (C=O) groups excluding carboxylic acids is 1. The zero-order chi connectivity index (χ0) is 21.9. The van der Waals surface area contributed by atoms with Crippen molar-refractivity contribution in [2.75, 3.05) is 5.32 Å². The maximum atomic E-state index is 13.0.